The van der Waals surface area contributed by atoms with Crippen LogP contribution in [0.5, 0.6) is 0 Å². The average molecular weight is 187 g/mol. The lowest BCUT2D eigenvalue weighted by atomic mass is 10.1. The predicted octanol–water partition coefficient (Wildman–Crippen LogP) is 3.18. The third kappa shape index (κ3) is 11.9. The summed E-state index contributed by atoms with van der Waals surface area (Å²) in [6.07, 6.45) is 8.26. The maximum Gasteiger partial charge on any atom is 0.0822 e. The molecule has 0 saturated carbocycles. The molecule has 0 bridgehead atoms. The lowest BCUT2D eigenvalue weighted by Gasteiger charge is -2.01. The van der Waals surface area contributed by atoms with Gasteiger partial charge in [-0.1, -0.05) is 32.1 Å². The summed E-state index contributed by atoms with van der Waals surface area (Å²) in [5.41, 5.74) is 0. The molecule has 0 fully saturated rings. The van der Waals surface area contributed by atoms with Gasteiger partial charge in [-0.15, -0.1) is 0 Å². The van der Waals surface area contributed by atoms with Crippen molar-refractivity contribution in [3.05, 3.63) is 0 Å². The molecule has 79 valence electrons. The molecule has 0 aromatic carbocycles. The van der Waals surface area contributed by atoms with Crippen LogP contribution in [-0.2, 0) is 9.84 Å². The molecule has 0 spiro atoms. The van der Waals surface area contributed by atoms with Gasteiger partial charge in [0.15, 0.2) is 0 Å². The number of hydrogen-bond donors (Lipinski definition) is 0. The fraction of sp³-hybridized carbons (Fsp3) is 1.00. The van der Waals surface area contributed by atoms with Crippen molar-refractivity contribution < 1.29 is 9.84 Å². The summed E-state index contributed by atoms with van der Waals surface area (Å²) in [6, 6.07) is 0. The molecule has 1 radical (unpaired) electrons. The van der Waals surface area contributed by atoms with Crippen molar-refractivity contribution in [2.24, 2.45) is 0 Å². The normalized spacial score (nSPS) is 10.6. The molecule has 13 heavy (non-hydrogen) atoms. The van der Waals surface area contributed by atoms with E-state index in [-0.39, 0.29) is 6.61 Å². The summed E-state index contributed by atoms with van der Waals surface area (Å²) >= 11 is 0. The fourth-order valence-electron chi connectivity index (χ4n) is 1.33. The Hall–Kier alpha value is -0.0800. The minimum Gasteiger partial charge on any atom is -0.382 e. The lowest BCUT2D eigenvalue weighted by Crippen LogP contribution is -1.93. The van der Waals surface area contributed by atoms with Crippen LogP contribution in [0.25, 0.3) is 0 Å². The van der Waals surface area contributed by atoms with Crippen LogP contribution in [0.1, 0.15) is 51.9 Å². The summed E-state index contributed by atoms with van der Waals surface area (Å²) in [5, 5.41) is 10.1. The Morgan fingerprint density at radius 1 is 0.846 bits per heavy atom. The lowest BCUT2D eigenvalue weighted by molar-refractivity contribution is 0.143. The topological polar surface area (TPSA) is 29.1 Å². The first-order chi connectivity index (χ1) is 6.41. The predicted molar refractivity (Wildman–Crippen MR) is 54.4 cm³/mol. The number of unbranched alkanes of at least 4 members (excludes halogenated alkanes) is 6. The van der Waals surface area contributed by atoms with Gasteiger partial charge in [-0.25, -0.2) is 5.11 Å². The Bertz CT molecular complexity index is 74.2. The molecule has 0 unspecified atom stereocenters. The molecule has 2 nitrogen and oxygen atoms in total. The van der Waals surface area contributed by atoms with E-state index in [0.29, 0.717) is 0 Å². The molecule has 0 amide bonds. The minimum absolute atomic E-state index is 0.102. The van der Waals surface area contributed by atoms with Crippen LogP contribution in [-0.4, -0.2) is 19.8 Å². The van der Waals surface area contributed by atoms with Crippen molar-refractivity contribution in [2.75, 3.05) is 19.8 Å². The van der Waals surface area contributed by atoms with Gasteiger partial charge in [0.1, 0.15) is 0 Å². The first-order valence-electron chi connectivity index (χ1n) is 5.57. The SMILES string of the molecule is CCOCCCCCCCCC[O]. The molecule has 2 heteroatoms. The van der Waals surface area contributed by atoms with E-state index >= 15 is 0 Å². The van der Waals surface area contributed by atoms with Gasteiger partial charge >= 0.3 is 0 Å². The molecule has 0 saturated heterocycles. The Balaban J connectivity index is 2.76. The van der Waals surface area contributed by atoms with Crippen molar-refractivity contribution in [2.45, 2.75) is 51.9 Å². The van der Waals surface area contributed by atoms with Crippen molar-refractivity contribution in [1.82, 2.24) is 0 Å². The third-order valence-electron chi connectivity index (χ3n) is 2.14. The highest BCUT2D eigenvalue weighted by Crippen LogP contribution is 2.06. The Labute approximate surface area is 82.3 Å². The number of rotatable bonds is 10. The van der Waals surface area contributed by atoms with Crippen LogP contribution >= 0.6 is 0 Å². The van der Waals surface area contributed by atoms with Gasteiger partial charge in [0.05, 0.1) is 6.61 Å². The molecular weight excluding hydrogens is 164 g/mol. The monoisotopic (exact) mass is 187 g/mol. The van der Waals surface area contributed by atoms with Crippen molar-refractivity contribution >= 4 is 0 Å². The molecule has 0 aliphatic rings. The summed E-state index contributed by atoms with van der Waals surface area (Å²) in [6.45, 7) is 3.88. The van der Waals surface area contributed by atoms with Crippen LogP contribution < -0.4 is 0 Å². The zero-order chi connectivity index (χ0) is 9.78. The highest BCUT2D eigenvalue weighted by atomic mass is 16.5. The summed E-state index contributed by atoms with van der Waals surface area (Å²) in [7, 11) is 0. The van der Waals surface area contributed by atoms with Gasteiger partial charge in [-0.05, 0) is 19.8 Å². The highest BCUT2D eigenvalue weighted by molar-refractivity contribution is 4.45. The largest absolute Gasteiger partial charge is 0.382 e. The molecule has 0 heterocycles. The van der Waals surface area contributed by atoms with Crippen LogP contribution in [0.4, 0.5) is 0 Å². The van der Waals surface area contributed by atoms with Crippen LogP contribution in [0.2, 0.25) is 0 Å². The molecule has 0 N–H and O–H groups in total. The van der Waals surface area contributed by atoms with Crippen LogP contribution in [0, 0.1) is 0 Å². The highest BCUT2D eigenvalue weighted by Gasteiger charge is 1.91. The van der Waals surface area contributed by atoms with Crippen LogP contribution in [0.15, 0.2) is 0 Å². The number of ether oxygens (including phenoxy) is 1. The maximum atomic E-state index is 10.1. The summed E-state index contributed by atoms with van der Waals surface area (Å²) in [5.74, 6) is 0. The summed E-state index contributed by atoms with van der Waals surface area (Å²) < 4.78 is 5.24. The van der Waals surface area contributed by atoms with Crippen LogP contribution in [0.3, 0.4) is 0 Å². The van der Waals surface area contributed by atoms with Gasteiger partial charge in [0.2, 0.25) is 0 Å². The van der Waals surface area contributed by atoms with Gasteiger partial charge in [0, 0.05) is 13.2 Å². The van der Waals surface area contributed by atoms with Crippen molar-refractivity contribution in [3.63, 3.8) is 0 Å². The Morgan fingerprint density at radius 3 is 1.92 bits per heavy atom. The smallest absolute Gasteiger partial charge is 0.0822 e. The van der Waals surface area contributed by atoms with E-state index in [9.17, 15) is 5.11 Å². The second-order valence-electron chi connectivity index (χ2n) is 3.38. The molecule has 0 rings (SSSR count). The Kier molecular flexibility index (Phi) is 11.8. The standard InChI is InChI=1S/C11H23O2/c1-2-13-11-9-7-5-3-4-6-8-10-12/h2-11H2,1H3. The van der Waals surface area contributed by atoms with E-state index in [1.807, 2.05) is 6.92 Å². The van der Waals surface area contributed by atoms with E-state index in [0.717, 1.165) is 26.1 Å². The first-order valence-corrected chi connectivity index (χ1v) is 5.57. The second kappa shape index (κ2) is 11.9. The third-order valence-corrected chi connectivity index (χ3v) is 2.14. The second-order valence-corrected chi connectivity index (χ2v) is 3.38. The zero-order valence-corrected chi connectivity index (χ0v) is 8.89. The molecule has 0 aliphatic carbocycles. The van der Waals surface area contributed by atoms with Gasteiger partial charge in [-0.3, -0.25) is 0 Å². The van der Waals surface area contributed by atoms with E-state index in [4.69, 9.17) is 4.74 Å². The van der Waals surface area contributed by atoms with E-state index in [1.165, 1.54) is 32.1 Å². The van der Waals surface area contributed by atoms with Gasteiger partial charge in [-0.2, -0.15) is 0 Å². The molecular formula is C11H23O2. The van der Waals surface area contributed by atoms with E-state index in [2.05, 4.69) is 0 Å². The van der Waals surface area contributed by atoms with E-state index in [1.54, 1.807) is 0 Å². The molecule has 0 atom stereocenters. The van der Waals surface area contributed by atoms with Crippen molar-refractivity contribution in [3.8, 4) is 0 Å². The number of hydrogen-bond acceptors (Lipinski definition) is 1. The molecule has 0 aromatic heterocycles. The van der Waals surface area contributed by atoms with Gasteiger partial charge in [0.25, 0.3) is 0 Å². The maximum absolute atomic E-state index is 10.1. The summed E-state index contributed by atoms with van der Waals surface area (Å²) in [4.78, 5) is 0. The minimum atomic E-state index is 0.102. The molecule has 0 aromatic rings. The van der Waals surface area contributed by atoms with Gasteiger partial charge < -0.3 is 4.74 Å². The fourth-order valence-corrected chi connectivity index (χ4v) is 1.33. The quantitative estimate of drug-likeness (QED) is 0.483. The Morgan fingerprint density at radius 2 is 1.38 bits per heavy atom. The molecule has 0 aliphatic heterocycles. The van der Waals surface area contributed by atoms with Crippen molar-refractivity contribution in [1.29, 1.82) is 0 Å². The first kappa shape index (κ1) is 12.9. The van der Waals surface area contributed by atoms with E-state index < -0.39 is 0 Å². The average Bonchev–Trinajstić information content (AvgIpc) is 2.16. The zero-order valence-electron chi connectivity index (χ0n) is 8.89.